The third-order valence-corrected chi connectivity index (χ3v) is 3.20. The van der Waals surface area contributed by atoms with Gasteiger partial charge in [-0.25, -0.2) is 0 Å². The maximum absolute atomic E-state index is 12.4. The highest BCUT2D eigenvalue weighted by Gasteiger charge is 2.24. The van der Waals surface area contributed by atoms with Crippen molar-refractivity contribution >= 4 is 29.1 Å². The van der Waals surface area contributed by atoms with Crippen LogP contribution in [0.5, 0.6) is 0 Å². The Morgan fingerprint density at radius 3 is 2.62 bits per heavy atom. The lowest BCUT2D eigenvalue weighted by Gasteiger charge is -2.21. The largest absolute Gasteiger partial charge is 0.358 e. The number of nitrogens with one attached hydrogen (secondary N) is 1. The minimum absolute atomic E-state index is 0.0169. The van der Waals surface area contributed by atoms with Gasteiger partial charge in [-0.15, -0.1) is 0 Å². The zero-order valence-electron chi connectivity index (χ0n) is 11.8. The van der Waals surface area contributed by atoms with E-state index in [-0.39, 0.29) is 28.7 Å². The number of hydrogen-bond donors (Lipinski definition) is 1. The summed E-state index contributed by atoms with van der Waals surface area (Å²) >= 11 is 5.92. The summed E-state index contributed by atoms with van der Waals surface area (Å²) < 4.78 is 0. The third kappa shape index (κ3) is 4.16. The van der Waals surface area contributed by atoms with Gasteiger partial charge in [0.15, 0.2) is 0 Å². The average Bonchev–Trinajstić information content (AvgIpc) is 2.45. The molecule has 0 saturated heterocycles. The normalized spacial score (nSPS) is 10.0. The van der Waals surface area contributed by atoms with Crippen LogP contribution in [0.15, 0.2) is 18.2 Å². The Kier molecular flexibility index (Phi) is 6.10. The Labute approximate surface area is 127 Å². The molecular formula is C13H16ClN3O4. The molecule has 7 nitrogen and oxygen atoms in total. The quantitative estimate of drug-likeness (QED) is 0.640. The van der Waals surface area contributed by atoms with Crippen molar-refractivity contribution in [3.63, 3.8) is 0 Å². The van der Waals surface area contributed by atoms with Gasteiger partial charge in [0.1, 0.15) is 5.02 Å². The predicted octanol–water partition coefficient (Wildman–Crippen LogP) is 1.85. The number of likely N-dealkylation sites (N-methyl/N-ethyl adjacent to an activating group) is 1. The van der Waals surface area contributed by atoms with Crippen LogP contribution in [0.1, 0.15) is 23.7 Å². The van der Waals surface area contributed by atoms with Crippen LogP contribution in [-0.4, -0.2) is 41.8 Å². The molecular weight excluding hydrogens is 298 g/mol. The standard InChI is InChI=1S/C13H16ClN3O4/c1-3-7-16(8-11(18)15-2)13(19)9-5-4-6-10(12(9)14)17(20)21/h4-6H,3,7-8H2,1-2H3,(H,15,18). The number of nitrogens with zero attached hydrogens (tertiary/aromatic N) is 2. The molecule has 0 aliphatic carbocycles. The molecule has 8 heteroatoms. The van der Waals surface area contributed by atoms with Crippen LogP contribution < -0.4 is 5.32 Å². The lowest BCUT2D eigenvalue weighted by molar-refractivity contribution is -0.384. The van der Waals surface area contributed by atoms with Crippen molar-refractivity contribution in [2.24, 2.45) is 0 Å². The van der Waals surface area contributed by atoms with E-state index in [1.165, 1.54) is 30.1 Å². The molecule has 114 valence electrons. The van der Waals surface area contributed by atoms with E-state index in [0.717, 1.165) is 0 Å². The summed E-state index contributed by atoms with van der Waals surface area (Å²) in [4.78, 5) is 35.4. The molecule has 0 fully saturated rings. The van der Waals surface area contributed by atoms with Crippen LogP contribution in [0.25, 0.3) is 0 Å². The van der Waals surface area contributed by atoms with E-state index in [0.29, 0.717) is 13.0 Å². The van der Waals surface area contributed by atoms with Crippen molar-refractivity contribution in [3.05, 3.63) is 38.9 Å². The summed E-state index contributed by atoms with van der Waals surface area (Å²) in [5, 5.41) is 13.1. The smallest absolute Gasteiger partial charge is 0.288 e. The molecule has 1 N–H and O–H groups in total. The number of carbonyl (C=O) groups excluding carboxylic acids is 2. The molecule has 0 saturated carbocycles. The summed E-state index contributed by atoms with van der Waals surface area (Å²) in [7, 11) is 1.47. The van der Waals surface area contributed by atoms with Crippen LogP contribution in [0.2, 0.25) is 5.02 Å². The number of halogens is 1. The minimum atomic E-state index is -0.651. The third-order valence-electron chi connectivity index (χ3n) is 2.80. The molecule has 1 aromatic rings. The molecule has 0 spiro atoms. The molecule has 0 aliphatic heterocycles. The van der Waals surface area contributed by atoms with E-state index in [9.17, 15) is 19.7 Å². The zero-order chi connectivity index (χ0) is 16.0. The first-order valence-corrected chi connectivity index (χ1v) is 6.72. The first-order chi connectivity index (χ1) is 9.92. The van der Waals surface area contributed by atoms with E-state index in [1.807, 2.05) is 6.92 Å². The Morgan fingerprint density at radius 2 is 2.10 bits per heavy atom. The van der Waals surface area contributed by atoms with Crippen molar-refractivity contribution in [3.8, 4) is 0 Å². The van der Waals surface area contributed by atoms with Crippen LogP contribution >= 0.6 is 11.6 Å². The molecule has 0 bridgehead atoms. The average molecular weight is 314 g/mol. The van der Waals surface area contributed by atoms with E-state index in [2.05, 4.69) is 5.32 Å². The number of amides is 2. The molecule has 1 aromatic carbocycles. The molecule has 0 atom stereocenters. The second-order valence-electron chi connectivity index (χ2n) is 4.30. The maximum atomic E-state index is 12.4. The molecule has 0 aromatic heterocycles. The van der Waals surface area contributed by atoms with Crippen LogP contribution in [0, 0.1) is 10.1 Å². The Bertz CT molecular complexity index is 562. The van der Waals surface area contributed by atoms with Gasteiger partial charge in [0.25, 0.3) is 11.6 Å². The number of nitro groups is 1. The number of carbonyl (C=O) groups is 2. The second-order valence-corrected chi connectivity index (χ2v) is 4.67. The van der Waals surface area contributed by atoms with Crippen molar-refractivity contribution in [1.82, 2.24) is 10.2 Å². The van der Waals surface area contributed by atoms with Gasteiger partial charge in [0.05, 0.1) is 17.0 Å². The van der Waals surface area contributed by atoms with Gasteiger partial charge in [-0.05, 0) is 12.5 Å². The molecule has 0 heterocycles. The molecule has 0 radical (unpaired) electrons. The molecule has 0 aliphatic rings. The number of hydrogen-bond acceptors (Lipinski definition) is 4. The van der Waals surface area contributed by atoms with E-state index < -0.39 is 10.8 Å². The molecule has 21 heavy (non-hydrogen) atoms. The van der Waals surface area contributed by atoms with E-state index in [4.69, 9.17) is 11.6 Å². The zero-order valence-corrected chi connectivity index (χ0v) is 12.5. The molecule has 2 amide bonds. The summed E-state index contributed by atoms with van der Waals surface area (Å²) in [6.07, 6.45) is 0.648. The summed E-state index contributed by atoms with van der Waals surface area (Å²) in [5.74, 6) is -0.826. The van der Waals surface area contributed by atoms with Crippen molar-refractivity contribution in [1.29, 1.82) is 0 Å². The Hall–Kier alpha value is -2.15. The SMILES string of the molecule is CCCN(CC(=O)NC)C(=O)c1cccc([N+](=O)[O-])c1Cl. The lowest BCUT2D eigenvalue weighted by atomic mass is 10.1. The van der Waals surface area contributed by atoms with Gasteiger partial charge in [0, 0.05) is 19.7 Å². The fraction of sp³-hybridized carbons (Fsp3) is 0.385. The van der Waals surface area contributed by atoms with Gasteiger partial charge in [0.2, 0.25) is 5.91 Å². The Balaban J connectivity index is 3.12. The maximum Gasteiger partial charge on any atom is 0.288 e. The minimum Gasteiger partial charge on any atom is -0.358 e. The summed E-state index contributed by atoms with van der Waals surface area (Å²) in [5.41, 5.74) is -0.317. The van der Waals surface area contributed by atoms with Crippen LogP contribution in [0.4, 0.5) is 5.69 Å². The Morgan fingerprint density at radius 1 is 1.43 bits per heavy atom. The van der Waals surface area contributed by atoms with Crippen LogP contribution in [0.3, 0.4) is 0 Å². The van der Waals surface area contributed by atoms with E-state index >= 15 is 0 Å². The second kappa shape index (κ2) is 7.58. The van der Waals surface area contributed by atoms with Gasteiger partial charge in [-0.2, -0.15) is 0 Å². The fourth-order valence-corrected chi connectivity index (χ4v) is 2.05. The number of rotatable bonds is 6. The lowest BCUT2D eigenvalue weighted by Crippen LogP contribution is -2.40. The first-order valence-electron chi connectivity index (χ1n) is 6.35. The fourth-order valence-electron chi connectivity index (χ4n) is 1.77. The molecule has 1 rings (SSSR count). The van der Waals surface area contributed by atoms with Crippen LogP contribution in [-0.2, 0) is 4.79 Å². The molecule has 0 unspecified atom stereocenters. The highest BCUT2D eigenvalue weighted by Crippen LogP contribution is 2.28. The monoisotopic (exact) mass is 313 g/mol. The highest BCUT2D eigenvalue weighted by atomic mass is 35.5. The van der Waals surface area contributed by atoms with E-state index in [1.54, 1.807) is 0 Å². The highest BCUT2D eigenvalue weighted by molar-refractivity contribution is 6.35. The number of nitro benzene ring substituents is 1. The van der Waals surface area contributed by atoms with Crippen molar-refractivity contribution in [2.45, 2.75) is 13.3 Å². The summed E-state index contributed by atoms with van der Waals surface area (Å²) in [6.45, 7) is 2.09. The first kappa shape index (κ1) is 16.9. The summed E-state index contributed by atoms with van der Waals surface area (Å²) in [6, 6.07) is 4.02. The van der Waals surface area contributed by atoms with Gasteiger partial charge >= 0.3 is 0 Å². The number of benzene rings is 1. The van der Waals surface area contributed by atoms with Crippen molar-refractivity contribution in [2.75, 3.05) is 20.1 Å². The van der Waals surface area contributed by atoms with Gasteiger partial charge in [-0.3, -0.25) is 19.7 Å². The topological polar surface area (TPSA) is 92.6 Å². The predicted molar refractivity (Wildman–Crippen MR) is 78.4 cm³/mol. The van der Waals surface area contributed by atoms with Gasteiger partial charge < -0.3 is 10.2 Å². The van der Waals surface area contributed by atoms with Crippen molar-refractivity contribution < 1.29 is 14.5 Å². The van der Waals surface area contributed by atoms with Gasteiger partial charge in [-0.1, -0.05) is 24.6 Å².